The van der Waals surface area contributed by atoms with Crippen LogP contribution in [0.2, 0.25) is 0 Å². The van der Waals surface area contributed by atoms with Gasteiger partial charge in [-0.25, -0.2) is 22.6 Å². The maximum Gasteiger partial charge on any atom is 0.416 e. The highest BCUT2D eigenvalue weighted by molar-refractivity contribution is 7.89. The molecule has 2 aromatic carbocycles. The molecule has 226 valence electrons. The number of imidazole rings is 1. The molecule has 0 amide bonds. The van der Waals surface area contributed by atoms with Gasteiger partial charge in [-0.3, -0.25) is 4.79 Å². The normalized spacial score (nSPS) is 13.2. The van der Waals surface area contributed by atoms with Crippen molar-refractivity contribution in [3.8, 4) is 17.1 Å². The number of benzene rings is 2. The predicted molar refractivity (Wildman–Crippen MR) is 150 cm³/mol. The second-order valence-electron chi connectivity index (χ2n) is 9.71. The van der Waals surface area contributed by atoms with Gasteiger partial charge in [-0.15, -0.1) is 5.10 Å². The number of aliphatic hydroxyl groups excluding tert-OH is 1. The second-order valence-corrected chi connectivity index (χ2v) is 11.5. The number of aliphatic hydroxyl groups is 1. The largest absolute Gasteiger partial charge is 0.493 e. The second kappa shape index (κ2) is 12.2. The van der Waals surface area contributed by atoms with Crippen LogP contribution in [0, 0.1) is 6.92 Å². The number of nitrogens with zero attached hydrogens (tertiary/aromatic N) is 3. The van der Waals surface area contributed by atoms with Crippen molar-refractivity contribution in [2.75, 3.05) is 13.2 Å². The Labute approximate surface area is 240 Å². The van der Waals surface area contributed by atoms with Crippen LogP contribution in [0.15, 0.2) is 52.2 Å². The highest BCUT2D eigenvalue weighted by atomic mass is 32.2. The first-order valence-corrected chi connectivity index (χ1v) is 14.9. The van der Waals surface area contributed by atoms with E-state index < -0.39 is 40.0 Å². The summed E-state index contributed by atoms with van der Waals surface area (Å²) in [6, 6.07) is 8.00. The van der Waals surface area contributed by atoms with Gasteiger partial charge in [0, 0.05) is 12.5 Å². The monoisotopic (exact) mass is 607 g/mol. The lowest BCUT2D eigenvalue weighted by molar-refractivity contribution is -0.137. The Bertz CT molecular complexity index is 1750. The van der Waals surface area contributed by atoms with Gasteiger partial charge in [0.2, 0.25) is 10.0 Å². The lowest BCUT2D eigenvalue weighted by Gasteiger charge is -2.16. The van der Waals surface area contributed by atoms with Crippen molar-refractivity contribution in [3.05, 3.63) is 75.5 Å². The van der Waals surface area contributed by atoms with Crippen LogP contribution >= 0.6 is 0 Å². The van der Waals surface area contributed by atoms with Crippen LogP contribution in [-0.2, 0) is 16.2 Å². The number of hydrogen-bond donors (Lipinski definition) is 3. The predicted octanol–water partition coefficient (Wildman–Crippen LogP) is 4.73. The number of sulfonamides is 1. The molecule has 2 heterocycles. The summed E-state index contributed by atoms with van der Waals surface area (Å²) >= 11 is 0. The summed E-state index contributed by atoms with van der Waals surface area (Å²) in [7, 11) is -4.27. The van der Waals surface area contributed by atoms with E-state index in [4.69, 9.17) is 4.74 Å². The minimum absolute atomic E-state index is 0.0406. The molecule has 14 heteroatoms. The number of aromatic amines is 1. The van der Waals surface area contributed by atoms with Gasteiger partial charge in [0.1, 0.15) is 11.6 Å². The first-order valence-electron chi connectivity index (χ1n) is 13.4. The lowest BCUT2D eigenvalue weighted by Crippen LogP contribution is -2.28. The van der Waals surface area contributed by atoms with E-state index in [1.54, 1.807) is 13.8 Å². The summed E-state index contributed by atoms with van der Waals surface area (Å²) < 4.78 is 75.0. The van der Waals surface area contributed by atoms with Crippen LogP contribution in [0.25, 0.3) is 16.9 Å². The van der Waals surface area contributed by atoms with Crippen LogP contribution in [0.3, 0.4) is 0 Å². The third-order valence-corrected chi connectivity index (χ3v) is 8.35. The smallest absolute Gasteiger partial charge is 0.416 e. The number of rotatable bonds is 11. The summed E-state index contributed by atoms with van der Waals surface area (Å²) in [4.78, 5) is 20.2. The number of ether oxygens (including phenoxy) is 1. The van der Waals surface area contributed by atoms with Crippen molar-refractivity contribution in [1.29, 1.82) is 0 Å². The Morgan fingerprint density at radius 3 is 2.48 bits per heavy atom. The van der Waals surface area contributed by atoms with E-state index in [1.165, 1.54) is 28.8 Å². The molecule has 0 bridgehead atoms. The fourth-order valence-electron chi connectivity index (χ4n) is 4.69. The van der Waals surface area contributed by atoms with Gasteiger partial charge in [-0.2, -0.15) is 13.2 Å². The number of hydrogen-bond acceptors (Lipinski definition) is 7. The van der Waals surface area contributed by atoms with E-state index in [-0.39, 0.29) is 45.6 Å². The van der Waals surface area contributed by atoms with Crippen molar-refractivity contribution in [2.45, 2.75) is 63.6 Å². The zero-order chi connectivity index (χ0) is 30.8. The van der Waals surface area contributed by atoms with Crippen molar-refractivity contribution >= 4 is 15.5 Å². The summed E-state index contributed by atoms with van der Waals surface area (Å²) in [5.41, 5.74) is -0.523. The SMILES string of the molecule is CCOc1ccc(S(=O)(=O)NCC(O)c2cccc(C(F)(F)F)c2)cc1-c1nn2c(C(CC)CC)nc(C)c2c(=O)[nH]1. The molecule has 0 aliphatic carbocycles. The zero-order valence-electron chi connectivity index (χ0n) is 23.5. The van der Waals surface area contributed by atoms with Crippen molar-refractivity contribution in [2.24, 2.45) is 0 Å². The molecule has 0 spiro atoms. The molecule has 0 saturated heterocycles. The molecule has 0 saturated carbocycles. The van der Waals surface area contributed by atoms with Crippen molar-refractivity contribution in [1.82, 2.24) is 24.3 Å². The fraction of sp³-hybridized carbons (Fsp3) is 0.393. The van der Waals surface area contributed by atoms with Crippen LogP contribution in [0.1, 0.15) is 68.3 Å². The minimum Gasteiger partial charge on any atom is -0.493 e. The third-order valence-electron chi connectivity index (χ3n) is 6.93. The van der Waals surface area contributed by atoms with Gasteiger partial charge in [-0.05, 0) is 62.6 Å². The van der Waals surface area contributed by atoms with E-state index >= 15 is 0 Å². The number of halogens is 3. The summed E-state index contributed by atoms with van der Waals surface area (Å²) in [5, 5.41) is 15.1. The minimum atomic E-state index is -4.61. The highest BCUT2D eigenvalue weighted by Gasteiger charge is 2.31. The van der Waals surface area contributed by atoms with E-state index in [1.807, 2.05) is 13.8 Å². The zero-order valence-corrected chi connectivity index (χ0v) is 24.3. The standard InChI is InChI=1S/C28H32F3N5O5S/c1-5-17(6-2)26-33-16(4)24-27(38)34-25(35-36(24)26)21-14-20(11-12-23(21)41-7-3)42(39,40)32-15-22(37)18-9-8-10-19(13-18)28(29,30)31/h8-14,17,22,32,37H,5-7,15H2,1-4H3,(H,34,35,38). The van der Waals surface area contributed by atoms with Gasteiger partial charge in [0.15, 0.2) is 11.3 Å². The number of aryl methyl sites for hydroxylation is 1. The lowest BCUT2D eigenvalue weighted by atomic mass is 10.0. The Balaban J connectivity index is 1.71. The number of aromatic nitrogens is 4. The van der Waals surface area contributed by atoms with Gasteiger partial charge in [0.05, 0.1) is 34.4 Å². The fourth-order valence-corrected chi connectivity index (χ4v) is 5.75. The Morgan fingerprint density at radius 2 is 1.83 bits per heavy atom. The molecule has 42 heavy (non-hydrogen) atoms. The van der Waals surface area contributed by atoms with Gasteiger partial charge in [0.25, 0.3) is 5.56 Å². The van der Waals surface area contributed by atoms with Crippen LogP contribution < -0.4 is 15.0 Å². The molecule has 0 aliphatic heterocycles. The first-order chi connectivity index (χ1) is 19.8. The van der Waals surface area contributed by atoms with E-state index in [0.29, 0.717) is 11.5 Å². The first kappa shape index (κ1) is 31.2. The average Bonchev–Trinajstić information content (AvgIpc) is 3.28. The molecule has 2 aromatic heterocycles. The molecule has 10 nitrogen and oxygen atoms in total. The van der Waals surface area contributed by atoms with Gasteiger partial charge >= 0.3 is 6.18 Å². The Hall–Kier alpha value is -3.75. The maximum absolute atomic E-state index is 13.2. The Kier molecular flexibility index (Phi) is 9.09. The van der Waals surface area contributed by atoms with Crippen molar-refractivity contribution < 1.29 is 31.4 Å². The topological polar surface area (TPSA) is 139 Å². The third kappa shape index (κ3) is 6.35. The molecule has 1 atom stereocenters. The molecule has 4 aromatic rings. The quantitative estimate of drug-likeness (QED) is 0.224. The van der Waals surface area contributed by atoms with Gasteiger partial charge < -0.3 is 14.8 Å². The molecule has 0 radical (unpaired) electrons. The Morgan fingerprint density at radius 1 is 1.12 bits per heavy atom. The number of H-pyrrole nitrogens is 1. The summed E-state index contributed by atoms with van der Waals surface area (Å²) in [6.07, 6.45) is -4.61. The van der Waals surface area contributed by atoms with Crippen LogP contribution in [0.5, 0.6) is 5.75 Å². The number of alkyl halides is 3. The van der Waals surface area contributed by atoms with E-state index in [0.717, 1.165) is 31.0 Å². The highest BCUT2D eigenvalue weighted by Crippen LogP contribution is 2.32. The average molecular weight is 608 g/mol. The summed E-state index contributed by atoms with van der Waals surface area (Å²) in [5.74, 6) is 0.983. The molecular weight excluding hydrogens is 575 g/mol. The molecule has 0 aliphatic rings. The van der Waals surface area contributed by atoms with Crippen LogP contribution in [0.4, 0.5) is 13.2 Å². The molecule has 4 rings (SSSR count). The van der Waals surface area contributed by atoms with E-state index in [2.05, 4.69) is 19.8 Å². The van der Waals surface area contributed by atoms with Gasteiger partial charge in [-0.1, -0.05) is 26.0 Å². The molecule has 3 N–H and O–H groups in total. The van der Waals surface area contributed by atoms with Crippen LogP contribution in [-0.4, -0.2) is 46.3 Å². The summed E-state index contributed by atoms with van der Waals surface area (Å²) in [6.45, 7) is 7.15. The van der Waals surface area contributed by atoms with E-state index in [9.17, 15) is 31.5 Å². The number of fused-ring (bicyclic) bond motifs is 1. The maximum atomic E-state index is 13.2. The molecule has 1 unspecified atom stereocenters. The molecular formula is C28H32F3N5O5S. The van der Waals surface area contributed by atoms with Crippen molar-refractivity contribution in [3.63, 3.8) is 0 Å². The molecule has 0 fully saturated rings. The number of nitrogens with one attached hydrogen (secondary N) is 2.